The Morgan fingerprint density at radius 3 is 2.96 bits per heavy atom. The molecule has 7 heteroatoms. The summed E-state index contributed by atoms with van der Waals surface area (Å²) in [6.07, 6.45) is 3.25. The first-order valence-corrected chi connectivity index (χ1v) is 8.17. The predicted molar refractivity (Wildman–Crippen MR) is 83.7 cm³/mol. The Morgan fingerprint density at radius 1 is 1.46 bits per heavy atom. The highest BCUT2D eigenvalue weighted by Crippen LogP contribution is 2.17. The lowest BCUT2D eigenvalue weighted by atomic mass is 10.0. The number of nitrogens with zero attached hydrogens (tertiary/aromatic N) is 4. The normalized spacial score (nSPS) is 18.1. The van der Waals surface area contributed by atoms with Gasteiger partial charge in [-0.15, -0.1) is 0 Å². The van der Waals surface area contributed by atoms with Gasteiger partial charge in [-0.05, 0) is 25.5 Å². The van der Waals surface area contributed by atoms with Crippen molar-refractivity contribution in [2.75, 3.05) is 20.1 Å². The van der Waals surface area contributed by atoms with E-state index in [1.807, 2.05) is 23.1 Å². The first-order valence-electron chi connectivity index (χ1n) is 8.17. The summed E-state index contributed by atoms with van der Waals surface area (Å²) in [6.45, 7) is 2.36. The number of carbonyl (C=O) groups excluding carboxylic acids is 1. The Balaban J connectivity index is 1.56. The van der Waals surface area contributed by atoms with Gasteiger partial charge in [0.15, 0.2) is 0 Å². The Bertz CT molecular complexity index is 673. The number of piperidine rings is 1. The van der Waals surface area contributed by atoms with Gasteiger partial charge in [-0.1, -0.05) is 35.0 Å². The fraction of sp³-hybridized carbons (Fsp3) is 0.471. The van der Waals surface area contributed by atoms with Crippen molar-refractivity contribution < 1.29 is 19.1 Å². The van der Waals surface area contributed by atoms with Crippen LogP contribution in [0.2, 0.25) is 0 Å². The van der Waals surface area contributed by atoms with Crippen LogP contribution in [-0.4, -0.2) is 47.2 Å². The Labute approximate surface area is 141 Å². The minimum atomic E-state index is -0.540. The van der Waals surface area contributed by atoms with Crippen LogP contribution in [0.4, 0.5) is 0 Å². The van der Waals surface area contributed by atoms with Crippen molar-refractivity contribution in [2.45, 2.75) is 32.0 Å². The second kappa shape index (κ2) is 7.44. The van der Waals surface area contributed by atoms with Gasteiger partial charge in [-0.25, -0.2) is 0 Å². The number of hydrogen-bond acceptors (Lipinski definition) is 5. The minimum absolute atomic E-state index is 0.0360. The summed E-state index contributed by atoms with van der Waals surface area (Å²) >= 11 is 0. The molecule has 1 aromatic carbocycles. The van der Waals surface area contributed by atoms with E-state index in [0.29, 0.717) is 12.6 Å². The van der Waals surface area contributed by atoms with Crippen LogP contribution in [0.3, 0.4) is 0 Å². The zero-order chi connectivity index (χ0) is 16.9. The molecular weight excluding hydrogens is 308 g/mol. The third-order valence-corrected chi connectivity index (χ3v) is 4.43. The molecule has 1 unspecified atom stereocenters. The van der Waals surface area contributed by atoms with Crippen LogP contribution in [0.15, 0.2) is 41.1 Å². The molecule has 0 aliphatic carbocycles. The number of benzene rings is 1. The highest BCUT2D eigenvalue weighted by molar-refractivity contribution is 5.74. The number of amides is 1. The van der Waals surface area contributed by atoms with E-state index in [2.05, 4.69) is 33.9 Å². The summed E-state index contributed by atoms with van der Waals surface area (Å²) in [7, 11) is 2.10. The van der Waals surface area contributed by atoms with Crippen LogP contribution in [0.5, 0.6) is 5.95 Å². The van der Waals surface area contributed by atoms with Crippen molar-refractivity contribution >= 4 is 5.91 Å². The number of hydrogen-bond donors (Lipinski definition) is 0. The molecule has 1 saturated heterocycles. The maximum Gasteiger partial charge on any atom is 0.291 e. The van der Waals surface area contributed by atoms with Crippen LogP contribution in [0.1, 0.15) is 18.4 Å². The molecule has 1 amide bonds. The summed E-state index contributed by atoms with van der Waals surface area (Å²) in [4.78, 5) is 16.6. The molecule has 2 aromatic rings. The Hall–Kier alpha value is -2.41. The maximum absolute atomic E-state index is 12.4. The lowest BCUT2D eigenvalue weighted by Crippen LogP contribution is -2.52. The quantitative estimate of drug-likeness (QED) is 0.730. The fourth-order valence-electron chi connectivity index (χ4n) is 3.12. The van der Waals surface area contributed by atoms with E-state index < -0.39 is 5.95 Å². The van der Waals surface area contributed by atoms with Gasteiger partial charge in [0.25, 0.3) is 12.5 Å². The average molecular weight is 330 g/mol. The maximum atomic E-state index is 12.4. The predicted octanol–water partition coefficient (Wildman–Crippen LogP) is 0.159. The van der Waals surface area contributed by atoms with E-state index >= 15 is 0 Å². The standard InChI is InChI=1S/C17H22N4O3/c1-19(10-14-6-3-2-4-7-14)15-8-5-9-20(11-15)16(22)12-21-13-17(23)24-18-21/h2-4,6-7,13,15H,5,8-12H2,1H3. The summed E-state index contributed by atoms with van der Waals surface area (Å²) < 4.78 is 5.71. The molecule has 1 fully saturated rings. The molecular formula is C17H22N4O3. The summed E-state index contributed by atoms with van der Waals surface area (Å²) in [5, 5.41) is 14.5. The lowest BCUT2D eigenvalue weighted by molar-refractivity contribution is -0.751. The fourth-order valence-corrected chi connectivity index (χ4v) is 3.12. The van der Waals surface area contributed by atoms with Gasteiger partial charge in [0.1, 0.15) is 5.95 Å². The molecule has 128 valence electrons. The third-order valence-electron chi connectivity index (χ3n) is 4.43. The number of carbonyl (C=O) groups is 1. The Kier molecular flexibility index (Phi) is 5.10. The highest BCUT2D eigenvalue weighted by atomic mass is 16.6. The smallest absolute Gasteiger partial charge is 0.291 e. The molecule has 1 aliphatic rings. The van der Waals surface area contributed by atoms with E-state index in [1.165, 1.54) is 16.4 Å². The minimum Gasteiger partial charge on any atom is -0.539 e. The number of likely N-dealkylation sites (N-methyl/N-ethyl adjacent to an activating group) is 1. The molecule has 0 radical (unpaired) electrons. The second-order valence-corrected chi connectivity index (χ2v) is 6.26. The van der Waals surface area contributed by atoms with Crippen molar-refractivity contribution in [3.63, 3.8) is 0 Å². The number of rotatable bonds is 5. The van der Waals surface area contributed by atoms with Crippen molar-refractivity contribution in [3.05, 3.63) is 42.1 Å². The van der Waals surface area contributed by atoms with Crippen LogP contribution < -0.4 is 9.79 Å². The molecule has 0 saturated carbocycles. The van der Waals surface area contributed by atoms with Crippen LogP contribution in [-0.2, 0) is 17.9 Å². The summed E-state index contributed by atoms with van der Waals surface area (Å²) in [6, 6.07) is 10.7. The summed E-state index contributed by atoms with van der Waals surface area (Å²) in [5.74, 6) is -0.576. The molecule has 1 aliphatic heterocycles. The SMILES string of the molecule is CN(Cc1ccccc1)C1CCCN(C(=O)C[n+]2cc([O-])on2)C1. The van der Waals surface area contributed by atoms with Crippen molar-refractivity contribution in [1.29, 1.82) is 0 Å². The molecule has 0 spiro atoms. The van der Waals surface area contributed by atoms with E-state index in [9.17, 15) is 9.90 Å². The molecule has 0 N–H and O–H groups in total. The van der Waals surface area contributed by atoms with Gasteiger partial charge < -0.3 is 14.5 Å². The molecule has 1 aromatic heterocycles. The molecule has 2 heterocycles. The largest absolute Gasteiger partial charge is 0.539 e. The Morgan fingerprint density at radius 2 is 2.25 bits per heavy atom. The average Bonchev–Trinajstić information content (AvgIpc) is 3.00. The molecule has 3 rings (SSSR count). The van der Waals surface area contributed by atoms with E-state index in [1.54, 1.807) is 0 Å². The summed E-state index contributed by atoms with van der Waals surface area (Å²) in [5.41, 5.74) is 1.27. The monoisotopic (exact) mass is 330 g/mol. The highest BCUT2D eigenvalue weighted by Gasteiger charge is 2.28. The van der Waals surface area contributed by atoms with Crippen LogP contribution >= 0.6 is 0 Å². The first-order chi connectivity index (χ1) is 11.6. The van der Waals surface area contributed by atoms with Gasteiger partial charge >= 0.3 is 0 Å². The molecule has 1 atom stereocenters. The van der Waals surface area contributed by atoms with Crippen molar-refractivity contribution in [3.8, 4) is 5.95 Å². The lowest BCUT2D eigenvalue weighted by Gasteiger charge is -2.37. The van der Waals surface area contributed by atoms with Crippen LogP contribution in [0.25, 0.3) is 0 Å². The molecule has 7 nitrogen and oxygen atoms in total. The van der Waals surface area contributed by atoms with E-state index in [0.717, 1.165) is 25.9 Å². The van der Waals surface area contributed by atoms with Gasteiger partial charge in [0.05, 0.1) is 5.27 Å². The van der Waals surface area contributed by atoms with Crippen LogP contribution in [0, 0.1) is 0 Å². The van der Waals surface area contributed by atoms with Gasteiger partial charge in [0.2, 0.25) is 6.20 Å². The van der Waals surface area contributed by atoms with Gasteiger partial charge in [-0.3, -0.25) is 9.69 Å². The molecule has 24 heavy (non-hydrogen) atoms. The van der Waals surface area contributed by atoms with E-state index in [-0.39, 0.29) is 12.5 Å². The topological polar surface area (TPSA) is 76.5 Å². The van der Waals surface area contributed by atoms with Gasteiger partial charge in [0, 0.05) is 25.7 Å². The van der Waals surface area contributed by atoms with E-state index in [4.69, 9.17) is 0 Å². The van der Waals surface area contributed by atoms with Crippen molar-refractivity contribution in [1.82, 2.24) is 15.1 Å². The number of likely N-dealkylation sites (tertiary alicyclic amines) is 1. The third kappa shape index (κ3) is 4.11. The van der Waals surface area contributed by atoms with Crippen molar-refractivity contribution in [2.24, 2.45) is 0 Å². The first kappa shape index (κ1) is 16.4. The zero-order valence-electron chi connectivity index (χ0n) is 13.8. The molecule has 0 bridgehead atoms. The zero-order valence-corrected chi connectivity index (χ0v) is 13.8. The van der Waals surface area contributed by atoms with Gasteiger partial charge in [-0.2, -0.15) is 0 Å². The second-order valence-electron chi connectivity index (χ2n) is 6.26. The number of aromatic nitrogens is 2.